The second-order valence-electron chi connectivity index (χ2n) is 5.34. The van der Waals surface area contributed by atoms with Crippen molar-refractivity contribution in [1.29, 1.82) is 0 Å². The molecular weight excluding hydrogens is 406 g/mol. The molecule has 0 bridgehead atoms. The predicted molar refractivity (Wildman–Crippen MR) is 99.8 cm³/mol. The highest BCUT2D eigenvalue weighted by Gasteiger charge is 2.16. The molecule has 0 atom stereocenters. The zero-order valence-corrected chi connectivity index (χ0v) is 16.0. The number of aromatic nitrogens is 2. The van der Waals surface area contributed by atoms with Crippen molar-refractivity contribution >= 4 is 31.6 Å². The molecule has 1 N–H and O–H groups in total. The molecule has 8 heteroatoms. The van der Waals surface area contributed by atoms with E-state index in [-0.39, 0.29) is 4.90 Å². The minimum atomic E-state index is -3.72. The summed E-state index contributed by atoms with van der Waals surface area (Å²) < 4.78 is 35.3. The predicted octanol–water partition coefficient (Wildman–Crippen LogP) is 3.75. The van der Waals surface area contributed by atoms with Gasteiger partial charge < -0.3 is 4.74 Å². The third kappa shape index (κ3) is 3.69. The molecule has 130 valence electrons. The molecule has 6 nitrogen and oxygen atoms in total. The Hall–Kier alpha value is -2.32. The first-order chi connectivity index (χ1) is 11.9. The maximum Gasteiger partial charge on any atom is 0.261 e. The van der Waals surface area contributed by atoms with E-state index in [0.29, 0.717) is 15.9 Å². The lowest BCUT2D eigenvalue weighted by Crippen LogP contribution is -2.13. The number of sulfonamides is 1. The van der Waals surface area contributed by atoms with Gasteiger partial charge in [0.15, 0.2) is 0 Å². The lowest BCUT2D eigenvalue weighted by molar-refractivity contribution is 0.411. The van der Waals surface area contributed by atoms with Crippen molar-refractivity contribution in [1.82, 2.24) is 9.78 Å². The number of ether oxygens (including phenoxy) is 1. The fourth-order valence-corrected chi connectivity index (χ4v) is 4.14. The lowest BCUT2D eigenvalue weighted by atomic mass is 10.3. The summed E-state index contributed by atoms with van der Waals surface area (Å²) in [5.41, 5.74) is 2.19. The first-order valence-electron chi connectivity index (χ1n) is 7.38. The van der Waals surface area contributed by atoms with E-state index in [1.807, 2.05) is 19.1 Å². The summed E-state index contributed by atoms with van der Waals surface area (Å²) in [7, 11) is -2.20. The van der Waals surface area contributed by atoms with Crippen LogP contribution >= 0.6 is 15.9 Å². The molecule has 0 saturated carbocycles. The molecule has 3 aromatic rings. The molecule has 0 amide bonds. The first-order valence-corrected chi connectivity index (χ1v) is 9.66. The Bertz CT molecular complexity index is 1020. The van der Waals surface area contributed by atoms with E-state index in [4.69, 9.17) is 4.74 Å². The molecule has 2 aromatic carbocycles. The molecule has 0 radical (unpaired) electrons. The Morgan fingerprint density at radius 3 is 2.60 bits per heavy atom. The Labute approximate surface area is 154 Å². The van der Waals surface area contributed by atoms with Gasteiger partial charge in [0.1, 0.15) is 5.75 Å². The number of hydrogen-bond donors (Lipinski definition) is 1. The van der Waals surface area contributed by atoms with Crippen LogP contribution in [0.2, 0.25) is 0 Å². The number of halogens is 1. The van der Waals surface area contributed by atoms with Crippen LogP contribution in [0.25, 0.3) is 5.69 Å². The summed E-state index contributed by atoms with van der Waals surface area (Å²) in [6.07, 6.45) is 1.70. The highest BCUT2D eigenvalue weighted by atomic mass is 79.9. The Morgan fingerprint density at radius 1 is 1.16 bits per heavy atom. The number of nitrogens with zero attached hydrogens (tertiary/aromatic N) is 2. The fraction of sp³-hybridized carbons (Fsp3) is 0.118. The van der Waals surface area contributed by atoms with Gasteiger partial charge in [-0.2, -0.15) is 5.10 Å². The number of methoxy groups -OCH3 is 1. The van der Waals surface area contributed by atoms with Crippen LogP contribution in [-0.2, 0) is 10.0 Å². The summed E-state index contributed by atoms with van der Waals surface area (Å²) in [6.45, 7) is 1.93. The van der Waals surface area contributed by atoms with Gasteiger partial charge in [-0.1, -0.05) is 6.07 Å². The maximum atomic E-state index is 12.6. The molecule has 1 aromatic heterocycles. The smallest absolute Gasteiger partial charge is 0.261 e. The summed E-state index contributed by atoms with van der Waals surface area (Å²) in [5.74, 6) is 0.565. The second kappa shape index (κ2) is 6.89. The van der Waals surface area contributed by atoms with E-state index in [1.54, 1.807) is 35.1 Å². The van der Waals surface area contributed by atoms with Gasteiger partial charge in [-0.25, -0.2) is 13.1 Å². The molecule has 0 fully saturated rings. The van der Waals surface area contributed by atoms with Crippen LogP contribution in [0.15, 0.2) is 64.1 Å². The highest BCUT2D eigenvalue weighted by Crippen LogP contribution is 2.28. The first kappa shape index (κ1) is 17.5. The van der Waals surface area contributed by atoms with Gasteiger partial charge in [0.25, 0.3) is 10.0 Å². The minimum Gasteiger partial charge on any atom is -0.496 e. The molecule has 3 rings (SSSR count). The molecule has 0 aliphatic heterocycles. The second-order valence-corrected chi connectivity index (χ2v) is 7.87. The van der Waals surface area contributed by atoms with E-state index >= 15 is 0 Å². The van der Waals surface area contributed by atoms with Gasteiger partial charge in [-0.05, 0) is 65.3 Å². The van der Waals surface area contributed by atoms with Gasteiger partial charge in [-0.15, -0.1) is 0 Å². The average Bonchev–Trinajstić information content (AvgIpc) is 3.00. The topological polar surface area (TPSA) is 73.2 Å². The normalized spacial score (nSPS) is 11.3. The Morgan fingerprint density at radius 2 is 1.96 bits per heavy atom. The summed E-state index contributed by atoms with van der Waals surface area (Å²) in [5, 5.41) is 4.23. The third-order valence-corrected chi connectivity index (χ3v) is 5.61. The standard InChI is InChI=1S/C17H16BrN3O3S/c1-12-8-9-19-21(12)14-5-3-4-13(10-14)20-25(22,23)15-6-7-17(24-2)16(18)11-15/h3-11,20H,1-2H3. The van der Waals surface area contributed by atoms with Crippen molar-refractivity contribution in [3.8, 4) is 11.4 Å². The third-order valence-electron chi connectivity index (χ3n) is 3.61. The van der Waals surface area contributed by atoms with E-state index in [9.17, 15) is 8.42 Å². The SMILES string of the molecule is COc1ccc(S(=O)(=O)Nc2cccc(-n3nccc3C)c2)cc1Br. The number of nitrogens with one attached hydrogen (secondary N) is 1. The Kier molecular flexibility index (Phi) is 4.82. The highest BCUT2D eigenvalue weighted by molar-refractivity contribution is 9.10. The number of hydrogen-bond acceptors (Lipinski definition) is 4. The lowest BCUT2D eigenvalue weighted by Gasteiger charge is -2.11. The van der Waals surface area contributed by atoms with Crippen LogP contribution in [0.3, 0.4) is 0 Å². The number of aryl methyl sites for hydroxylation is 1. The van der Waals surface area contributed by atoms with Crippen LogP contribution in [-0.4, -0.2) is 25.3 Å². The maximum absolute atomic E-state index is 12.6. The van der Waals surface area contributed by atoms with Crippen LogP contribution in [0.5, 0.6) is 5.75 Å². The van der Waals surface area contributed by atoms with Crippen molar-refractivity contribution in [3.63, 3.8) is 0 Å². The van der Waals surface area contributed by atoms with E-state index < -0.39 is 10.0 Å². The van der Waals surface area contributed by atoms with Crippen molar-refractivity contribution in [2.24, 2.45) is 0 Å². The fourth-order valence-electron chi connectivity index (χ4n) is 2.37. The summed E-state index contributed by atoms with van der Waals surface area (Å²) in [4.78, 5) is 0.140. The van der Waals surface area contributed by atoms with Crippen LogP contribution < -0.4 is 9.46 Å². The molecular formula is C17H16BrN3O3S. The van der Waals surface area contributed by atoms with Crippen molar-refractivity contribution in [2.45, 2.75) is 11.8 Å². The van der Waals surface area contributed by atoms with Gasteiger partial charge in [-0.3, -0.25) is 4.72 Å². The van der Waals surface area contributed by atoms with Crippen molar-refractivity contribution in [3.05, 3.63) is 64.9 Å². The van der Waals surface area contributed by atoms with Gasteiger partial charge >= 0.3 is 0 Å². The zero-order chi connectivity index (χ0) is 18.0. The van der Waals surface area contributed by atoms with Gasteiger partial charge in [0.05, 0.1) is 27.9 Å². The van der Waals surface area contributed by atoms with E-state index in [2.05, 4.69) is 25.8 Å². The van der Waals surface area contributed by atoms with Crippen LogP contribution in [0.1, 0.15) is 5.69 Å². The molecule has 1 heterocycles. The van der Waals surface area contributed by atoms with Crippen LogP contribution in [0, 0.1) is 6.92 Å². The van der Waals surface area contributed by atoms with Crippen molar-refractivity contribution in [2.75, 3.05) is 11.8 Å². The van der Waals surface area contributed by atoms with Crippen molar-refractivity contribution < 1.29 is 13.2 Å². The molecule has 0 spiro atoms. The molecule has 0 aliphatic rings. The number of anilines is 1. The average molecular weight is 422 g/mol. The molecule has 0 saturated heterocycles. The van der Waals surface area contributed by atoms with Gasteiger partial charge in [0.2, 0.25) is 0 Å². The summed E-state index contributed by atoms with van der Waals surface area (Å²) in [6, 6.07) is 13.5. The largest absolute Gasteiger partial charge is 0.496 e. The summed E-state index contributed by atoms with van der Waals surface area (Å²) >= 11 is 3.30. The van der Waals surface area contributed by atoms with E-state index in [0.717, 1.165) is 11.4 Å². The van der Waals surface area contributed by atoms with Crippen LogP contribution in [0.4, 0.5) is 5.69 Å². The van der Waals surface area contributed by atoms with E-state index in [1.165, 1.54) is 19.2 Å². The Balaban J connectivity index is 1.91. The quantitative estimate of drug-likeness (QED) is 0.680. The monoisotopic (exact) mass is 421 g/mol. The number of rotatable bonds is 5. The molecule has 25 heavy (non-hydrogen) atoms. The van der Waals surface area contributed by atoms with Gasteiger partial charge in [0, 0.05) is 11.9 Å². The minimum absolute atomic E-state index is 0.140. The number of benzene rings is 2. The zero-order valence-electron chi connectivity index (χ0n) is 13.6. The molecule has 0 unspecified atom stereocenters. The molecule has 0 aliphatic carbocycles.